The Balaban J connectivity index is 2.30. The molecule has 0 fully saturated rings. The number of aromatic nitrogens is 2. The van der Waals surface area contributed by atoms with Gasteiger partial charge in [-0.2, -0.15) is 4.98 Å². The van der Waals surface area contributed by atoms with Gasteiger partial charge in [-0.3, -0.25) is 0 Å². The molecule has 0 amide bonds. The topological polar surface area (TPSA) is 61.0 Å². The molecule has 2 N–H and O–H groups in total. The van der Waals surface area contributed by atoms with Gasteiger partial charge in [-0.25, -0.2) is 4.98 Å². The van der Waals surface area contributed by atoms with E-state index < -0.39 is 0 Å². The van der Waals surface area contributed by atoms with Crippen molar-refractivity contribution in [2.24, 2.45) is 0 Å². The lowest BCUT2D eigenvalue weighted by atomic mass is 10.4. The van der Waals surface area contributed by atoms with Gasteiger partial charge in [-0.05, 0) is 12.1 Å². The molecular weight excluding hydrogens is 258 g/mol. The third-order valence-electron chi connectivity index (χ3n) is 1.96. The van der Waals surface area contributed by atoms with E-state index in [4.69, 9.17) is 22.1 Å². The molecule has 0 aliphatic carbocycles. The van der Waals surface area contributed by atoms with Crippen molar-refractivity contribution in [3.8, 4) is 5.88 Å². The van der Waals surface area contributed by atoms with Gasteiger partial charge in [0, 0.05) is 11.0 Å². The van der Waals surface area contributed by atoms with E-state index in [-0.39, 0.29) is 5.95 Å². The maximum Gasteiger partial charge on any atom is 0.224 e. The van der Waals surface area contributed by atoms with Crippen LogP contribution in [0.4, 0.5) is 5.95 Å². The summed E-state index contributed by atoms with van der Waals surface area (Å²) >= 11 is 7.48. The van der Waals surface area contributed by atoms with Gasteiger partial charge in [0.05, 0.1) is 12.1 Å². The third kappa shape index (κ3) is 3.01. The van der Waals surface area contributed by atoms with Crippen molar-refractivity contribution in [2.75, 3.05) is 12.8 Å². The molecule has 0 unspecified atom stereocenters. The van der Waals surface area contributed by atoms with Crippen molar-refractivity contribution in [2.45, 2.75) is 9.92 Å². The Kier molecular flexibility index (Phi) is 3.71. The second-order valence-electron chi connectivity index (χ2n) is 3.14. The zero-order valence-corrected chi connectivity index (χ0v) is 10.6. The van der Waals surface area contributed by atoms with Gasteiger partial charge < -0.3 is 10.5 Å². The number of ether oxygens (including phenoxy) is 1. The second kappa shape index (κ2) is 5.25. The first-order chi connectivity index (χ1) is 8.19. The van der Waals surface area contributed by atoms with E-state index in [9.17, 15) is 0 Å². The van der Waals surface area contributed by atoms with Crippen LogP contribution in [0.15, 0.2) is 40.3 Å². The minimum Gasteiger partial charge on any atom is -0.481 e. The number of methoxy groups -OCH3 is 1. The first kappa shape index (κ1) is 12.0. The molecule has 2 rings (SSSR count). The van der Waals surface area contributed by atoms with Gasteiger partial charge in [-0.15, -0.1) is 0 Å². The fraction of sp³-hybridized carbons (Fsp3) is 0.0909. The van der Waals surface area contributed by atoms with E-state index in [1.165, 1.54) is 18.9 Å². The summed E-state index contributed by atoms with van der Waals surface area (Å²) in [5.74, 6) is 0.617. The fourth-order valence-electron chi connectivity index (χ4n) is 1.22. The van der Waals surface area contributed by atoms with Crippen molar-refractivity contribution in [1.29, 1.82) is 0 Å². The molecule has 0 saturated heterocycles. The predicted molar refractivity (Wildman–Crippen MR) is 68.6 cm³/mol. The molecule has 0 atom stereocenters. The highest BCUT2D eigenvalue weighted by Crippen LogP contribution is 2.33. The molecule has 4 nitrogen and oxygen atoms in total. The summed E-state index contributed by atoms with van der Waals surface area (Å²) in [6.45, 7) is 0. The zero-order valence-electron chi connectivity index (χ0n) is 9.05. The van der Waals surface area contributed by atoms with Gasteiger partial charge in [0.15, 0.2) is 0 Å². The van der Waals surface area contributed by atoms with Crippen molar-refractivity contribution in [3.05, 3.63) is 35.4 Å². The first-order valence-corrected chi connectivity index (χ1v) is 5.99. The molecule has 0 bridgehead atoms. The van der Waals surface area contributed by atoms with Crippen LogP contribution in [0.5, 0.6) is 5.88 Å². The highest BCUT2D eigenvalue weighted by atomic mass is 35.5. The quantitative estimate of drug-likeness (QED) is 0.867. The summed E-state index contributed by atoms with van der Waals surface area (Å²) in [4.78, 5) is 8.94. The summed E-state index contributed by atoms with van der Waals surface area (Å²) in [5.41, 5.74) is 5.58. The number of nitrogens with zero attached hydrogens (tertiary/aromatic N) is 2. The largest absolute Gasteiger partial charge is 0.481 e. The van der Waals surface area contributed by atoms with Crippen LogP contribution in [-0.2, 0) is 0 Å². The Bertz CT molecular complexity index is 536. The number of halogens is 1. The maximum atomic E-state index is 6.06. The molecule has 0 saturated carbocycles. The zero-order chi connectivity index (χ0) is 12.3. The summed E-state index contributed by atoms with van der Waals surface area (Å²) < 4.78 is 5.03. The van der Waals surface area contributed by atoms with Crippen molar-refractivity contribution in [3.63, 3.8) is 0 Å². The smallest absolute Gasteiger partial charge is 0.224 e. The van der Waals surface area contributed by atoms with E-state index in [0.717, 1.165) is 4.90 Å². The molecule has 0 spiro atoms. The molecule has 0 aliphatic heterocycles. The highest BCUT2D eigenvalue weighted by molar-refractivity contribution is 7.99. The molecule has 1 aromatic heterocycles. The Hall–Kier alpha value is -1.46. The second-order valence-corrected chi connectivity index (χ2v) is 4.61. The molecule has 1 aromatic carbocycles. The molecule has 88 valence electrons. The first-order valence-electron chi connectivity index (χ1n) is 4.80. The normalized spacial score (nSPS) is 10.2. The predicted octanol–water partition coefficient (Wildman–Crippen LogP) is 2.87. The molecule has 0 radical (unpaired) electrons. The van der Waals surface area contributed by atoms with Crippen molar-refractivity contribution in [1.82, 2.24) is 9.97 Å². The number of rotatable bonds is 3. The molecule has 6 heteroatoms. The standard InChI is InChI=1S/C11H10ClN3OS/c1-16-9-6-10(15-11(13)14-9)17-8-5-3-2-4-7(8)12/h2-6H,1H3,(H2,13,14,15). The molecule has 1 heterocycles. The SMILES string of the molecule is COc1cc(Sc2ccccc2Cl)nc(N)n1. The molecule has 2 aromatic rings. The Morgan fingerprint density at radius 1 is 1.29 bits per heavy atom. The van der Waals surface area contributed by atoms with Crippen LogP contribution < -0.4 is 10.5 Å². The van der Waals surface area contributed by atoms with Crippen LogP contribution in [0, 0.1) is 0 Å². The van der Waals surface area contributed by atoms with Crippen LogP contribution in [-0.4, -0.2) is 17.1 Å². The van der Waals surface area contributed by atoms with E-state index in [1.54, 1.807) is 6.07 Å². The average Bonchev–Trinajstić information content (AvgIpc) is 2.31. The Morgan fingerprint density at radius 2 is 2.06 bits per heavy atom. The van der Waals surface area contributed by atoms with Crippen molar-refractivity contribution < 1.29 is 4.74 Å². The molecular formula is C11H10ClN3OS. The van der Waals surface area contributed by atoms with E-state index in [0.29, 0.717) is 15.9 Å². The molecule has 0 aliphatic rings. The molecule has 17 heavy (non-hydrogen) atoms. The lowest BCUT2D eigenvalue weighted by Crippen LogP contribution is -1.98. The van der Waals surface area contributed by atoms with Crippen LogP contribution in [0.1, 0.15) is 0 Å². The van der Waals surface area contributed by atoms with Gasteiger partial charge in [0.2, 0.25) is 11.8 Å². The minimum absolute atomic E-state index is 0.180. The van der Waals surface area contributed by atoms with E-state index >= 15 is 0 Å². The lowest BCUT2D eigenvalue weighted by Gasteiger charge is -2.05. The Labute approximate surface area is 108 Å². The van der Waals surface area contributed by atoms with Gasteiger partial charge in [-0.1, -0.05) is 35.5 Å². The summed E-state index contributed by atoms with van der Waals surface area (Å²) in [6.07, 6.45) is 0. The van der Waals surface area contributed by atoms with Crippen LogP contribution in [0.3, 0.4) is 0 Å². The van der Waals surface area contributed by atoms with E-state index in [1.807, 2.05) is 24.3 Å². The summed E-state index contributed by atoms with van der Waals surface area (Å²) in [7, 11) is 1.53. The lowest BCUT2D eigenvalue weighted by molar-refractivity contribution is 0.396. The number of nitrogens with two attached hydrogens (primary N) is 1. The van der Waals surface area contributed by atoms with Crippen LogP contribution >= 0.6 is 23.4 Å². The van der Waals surface area contributed by atoms with Crippen LogP contribution in [0.2, 0.25) is 5.02 Å². The van der Waals surface area contributed by atoms with E-state index in [2.05, 4.69) is 9.97 Å². The van der Waals surface area contributed by atoms with Gasteiger partial charge in [0.1, 0.15) is 5.03 Å². The fourth-order valence-corrected chi connectivity index (χ4v) is 2.31. The third-order valence-corrected chi connectivity index (χ3v) is 3.39. The van der Waals surface area contributed by atoms with Gasteiger partial charge >= 0.3 is 0 Å². The number of benzene rings is 1. The number of anilines is 1. The van der Waals surface area contributed by atoms with Crippen molar-refractivity contribution >= 4 is 29.3 Å². The minimum atomic E-state index is 0.180. The van der Waals surface area contributed by atoms with Gasteiger partial charge in [0.25, 0.3) is 0 Å². The maximum absolute atomic E-state index is 6.06. The summed E-state index contributed by atoms with van der Waals surface area (Å²) in [5, 5.41) is 1.37. The number of nitrogen functional groups attached to an aromatic ring is 1. The number of hydrogen-bond acceptors (Lipinski definition) is 5. The highest BCUT2D eigenvalue weighted by Gasteiger charge is 2.06. The number of hydrogen-bond donors (Lipinski definition) is 1. The summed E-state index contributed by atoms with van der Waals surface area (Å²) in [6, 6.07) is 9.24. The average molecular weight is 268 g/mol. The monoisotopic (exact) mass is 267 g/mol. The van der Waals surface area contributed by atoms with Crippen LogP contribution in [0.25, 0.3) is 0 Å². The Morgan fingerprint density at radius 3 is 2.76 bits per heavy atom.